The van der Waals surface area contributed by atoms with E-state index in [1.54, 1.807) is 0 Å². The van der Waals surface area contributed by atoms with Crippen molar-refractivity contribution in [3.05, 3.63) is 71.8 Å². The summed E-state index contributed by atoms with van der Waals surface area (Å²) in [6.45, 7) is 4.28. The zero-order valence-corrected chi connectivity index (χ0v) is 14.9. The number of anilines is 2. The van der Waals surface area contributed by atoms with Crippen LogP contribution in [0.2, 0.25) is 0 Å². The van der Waals surface area contributed by atoms with Crippen LogP contribution in [-0.2, 0) is 0 Å². The summed E-state index contributed by atoms with van der Waals surface area (Å²) in [5, 5.41) is 7.03. The zero-order chi connectivity index (χ0) is 18.0. The highest BCUT2D eigenvalue weighted by atomic mass is 14.6. The molecule has 0 aliphatic heterocycles. The van der Waals surface area contributed by atoms with Gasteiger partial charge in [-0.2, -0.15) is 0 Å². The summed E-state index contributed by atoms with van der Waals surface area (Å²) < 4.78 is 0. The van der Waals surface area contributed by atoms with E-state index in [0.717, 1.165) is 22.1 Å². The number of hydrogen-bond donors (Lipinski definition) is 2. The van der Waals surface area contributed by atoms with E-state index >= 15 is 0 Å². The second-order valence-electron chi connectivity index (χ2n) is 7.29. The number of hydrogen-bond acceptors (Lipinski definition) is 2. The maximum atomic E-state index is 6.38. The molecule has 0 saturated carbocycles. The molecule has 2 nitrogen and oxygen atoms in total. The van der Waals surface area contributed by atoms with Crippen molar-refractivity contribution in [1.82, 2.24) is 0 Å². The third-order valence-electron chi connectivity index (χ3n) is 5.38. The number of aryl methyl sites for hydroxylation is 2. The first kappa shape index (κ1) is 15.0. The molecule has 0 bridgehead atoms. The van der Waals surface area contributed by atoms with Crippen LogP contribution in [0.4, 0.5) is 11.4 Å². The lowest BCUT2D eigenvalue weighted by molar-refractivity contribution is 1.39. The Morgan fingerprint density at radius 2 is 1.19 bits per heavy atom. The van der Waals surface area contributed by atoms with Gasteiger partial charge in [0.2, 0.25) is 0 Å². The van der Waals surface area contributed by atoms with E-state index in [2.05, 4.69) is 62.4 Å². The van der Waals surface area contributed by atoms with Gasteiger partial charge in [-0.25, -0.2) is 0 Å². The SMILES string of the molecule is Cc1cc(C)cc(-c2cc3c(N)ccc4ccc5c(N)ccc2c5c43)c1. The highest BCUT2D eigenvalue weighted by Crippen LogP contribution is 2.43. The van der Waals surface area contributed by atoms with E-state index in [4.69, 9.17) is 11.5 Å². The van der Waals surface area contributed by atoms with E-state index < -0.39 is 0 Å². The van der Waals surface area contributed by atoms with Crippen molar-refractivity contribution in [2.75, 3.05) is 11.5 Å². The molecular weight excluding hydrogens is 316 g/mol. The summed E-state index contributed by atoms with van der Waals surface area (Å²) in [5.41, 5.74) is 19.3. The van der Waals surface area contributed by atoms with Gasteiger partial charge in [0, 0.05) is 27.5 Å². The number of rotatable bonds is 1. The molecule has 0 radical (unpaired) electrons. The van der Waals surface area contributed by atoms with Crippen LogP contribution < -0.4 is 11.5 Å². The molecular formula is C24H20N2. The van der Waals surface area contributed by atoms with Gasteiger partial charge >= 0.3 is 0 Å². The highest BCUT2D eigenvalue weighted by molar-refractivity contribution is 6.29. The first-order valence-electron chi connectivity index (χ1n) is 8.87. The van der Waals surface area contributed by atoms with E-state index in [1.165, 1.54) is 43.8 Å². The van der Waals surface area contributed by atoms with Gasteiger partial charge < -0.3 is 11.5 Å². The minimum atomic E-state index is 0.806. The molecule has 0 amide bonds. The topological polar surface area (TPSA) is 52.0 Å². The number of nitrogens with two attached hydrogens (primary N) is 2. The molecule has 0 spiro atoms. The van der Waals surface area contributed by atoms with Crippen molar-refractivity contribution < 1.29 is 0 Å². The Balaban J connectivity index is 2.06. The lowest BCUT2D eigenvalue weighted by Gasteiger charge is -2.17. The summed E-state index contributed by atoms with van der Waals surface area (Å²) in [4.78, 5) is 0. The minimum absolute atomic E-state index is 0.806. The van der Waals surface area contributed by atoms with Gasteiger partial charge in [0.1, 0.15) is 0 Å². The largest absolute Gasteiger partial charge is 0.398 e. The molecule has 2 heteroatoms. The van der Waals surface area contributed by atoms with Crippen molar-refractivity contribution in [2.45, 2.75) is 13.8 Å². The van der Waals surface area contributed by atoms with Gasteiger partial charge in [-0.1, -0.05) is 53.6 Å². The first-order valence-corrected chi connectivity index (χ1v) is 8.87. The third-order valence-corrected chi connectivity index (χ3v) is 5.38. The van der Waals surface area contributed by atoms with Crippen molar-refractivity contribution in [1.29, 1.82) is 0 Å². The van der Waals surface area contributed by atoms with Gasteiger partial charge in [-0.15, -0.1) is 0 Å². The molecule has 0 aromatic heterocycles. The van der Waals surface area contributed by atoms with E-state index in [9.17, 15) is 0 Å². The normalized spacial score (nSPS) is 11.8. The summed E-state index contributed by atoms with van der Waals surface area (Å²) in [6, 6.07) is 21.4. The molecule has 26 heavy (non-hydrogen) atoms. The monoisotopic (exact) mass is 336 g/mol. The van der Waals surface area contributed by atoms with Crippen LogP contribution >= 0.6 is 0 Å². The third kappa shape index (κ3) is 1.99. The molecule has 0 unspecified atom stereocenters. The van der Waals surface area contributed by atoms with Crippen molar-refractivity contribution in [3.8, 4) is 11.1 Å². The molecule has 5 aromatic rings. The Bertz CT molecular complexity index is 1290. The van der Waals surface area contributed by atoms with Gasteiger partial charge in [0.05, 0.1) is 0 Å². The summed E-state index contributed by atoms with van der Waals surface area (Å²) in [6.07, 6.45) is 0. The fraction of sp³-hybridized carbons (Fsp3) is 0.0833. The number of nitrogen functional groups attached to an aromatic ring is 2. The van der Waals surface area contributed by atoms with Crippen molar-refractivity contribution >= 4 is 43.7 Å². The Morgan fingerprint density at radius 1 is 0.577 bits per heavy atom. The van der Waals surface area contributed by atoms with Crippen LogP contribution in [0.25, 0.3) is 43.4 Å². The fourth-order valence-electron chi connectivity index (χ4n) is 4.30. The Morgan fingerprint density at radius 3 is 1.96 bits per heavy atom. The Hall–Kier alpha value is -3.26. The average molecular weight is 336 g/mol. The molecule has 4 N–H and O–H groups in total. The lowest BCUT2D eigenvalue weighted by atomic mass is 9.87. The standard InChI is InChI=1S/C24H20N2/c1-13-9-14(2)11-16(10-13)19-12-20-22(26)7-4-15-3-5-18-21(25)8-6-17(19)24(18)23(15)20/h3-12H,25-26H2,1-2H3. The smallest absolute Gasteiger partial charge is 0.0394 e. The molecule has 0 fully saturated rings. The summed E-state index contributed by atoms with van der Waals surface area (Å²) in [7, 11) is 0. The summed E-state index contributed by atoms with van der Waals surface area (Å²) >= 11 is 0. The highest BCUT2D eigenvalue weighted by Gasteiger charge is 2.16. The minimum Gasteiger partial charge on any atom is -0.398 e. The molecule has 0 aliphatic carbocycles. The van der Waals surface area contributed by atoms with Crippen LogP contribution in [0.3, 0.4) is 0 Å². The molecule has 0 saturated heterocycles. The lowest BCUT2D eigenvalue weighted by Crippen LogP contribution is -1.95. The predicted molar refractivity (Wildman–Crippen MR) is 114 cm³/mol. The van der Waals surface area contributed by atoms with Gasteiger partial charge in [-0.3, -0.25) is 0 Å². The van der Waals surface area contributed by atoms with Crippen LogP contribution in [0, 0.1) is 13.8 Å². The maximum Gasteiger partial charge on any atom is 0.0394 e. The second-order valence-corrected chi connectivity index (χ2v) is 7.29. The van der Waals surface area contributed by atoms with Crippen LogP contribution in [-0.4, -0.2) is 0 Å². The van der Waals surface area contributed by atoms with Gasteiger partial charge in [-0.05, 0) is 59.3 Å². The predicted octanol–water partition coefficient (Wildman–Crippen LogP) is 6.03. The molecule has 0 heterocycles. The van der Waals surface area contributed by atoms with E-state index in [1.807, 2.05) is 12.1 Å². The van der Waals surface area contributed by atoms with Crippen molar-refractivity contribution in [2.24, 2.45) is 0 Å². The van der Waals surface area contributed by atoms with Crippen LogP contribution in [0.5, 0.6) is 0 Å². The maximum absolute atomic E-state index is 6.38. The Labute approximate surface area is 152 Å². The second kappa shape index (κ2) is 5.12. The molecule has 0 aliphatic rings. The van der Waals surface area contributed by atoms with Gasteiger partial charge in [0.15, 0.2) is 0 Å². The van der Waals surface area contributed by atoms with E-state index in [-0.39, 0.29) is 0 Å². The van der Waals surface area contributed by atoms with Crippen molar-refractivity contribution in [3.63, 3.8) is 0 Å². The average Bonchev–Trinajstić information content (AvgIpc) is 2.61. The fourth-order valence-corrected chi connectivity index (χ4v) is 4.30. The first-order chi connectivity index (χ1) is 12.5. The van der Waals surface area contributed by atoms with Crippen LogP contribution in [0.1, 0.15) is 11.1 Å². The summed E-state index contributed by atoms with van der Waals surface area (Å²) in [5.74, 6) is 0. The Kier molecular flexibility index (Phi) is 2.96. The molecule has 126 valence electrons. The molecule has 0 atom stereocenters. The molecule has 5 aromatic carbocycles. The van der Waals surface area contributed by atoms with Gasteiger partial charge in [0.25, 0.3) is 0 Å². The van der Waals surface area contributed by atoms with E-state index in [0.29, 0.717) is 0 Å². The zero-order valence-electron chi connectivity index (χ0n) is 14.9. The number of benzene rings is 5. The quantitative estimate of drug-likeness (QED) is 0.290. The van der Waals surface area contributed by atoms with Crippen LogP contribution in [0.15, 0.2) is 60.7 Å². The molecule has 5 rings (SSSR count).